The minimum absolute atomic E-state index is 0.0357. The molecule has 9 heteroatoms. The zero-order valence-corrected chi connectivity index (χ0v) is 15.4. The number of hydrogen-bond acceptors (Lipinski definition) is 7. The molecule has 0 saturated carbocycles. The molecule has 2 aliphatic heterocycles. The number of fused-ring (bicyclic) bond motifs is 2. The number of benzene rings is 2. The maximum absolute atomic E-state index is 11.6. The minimum Gasteiger partial charge on any atom is -0.482 e. The zero-order valence-electron chi connectivity index (χ0n) is 14.6. The molecule has 0 saturated heterocycles. The number of amides is 1. The molecule has 4 N–H and O–H groups in total. The Morgan fingerprint density at radius 1 is 1.18 bits per heavy atom. The highest BCUT2D eigenvalue weighted by Crippen LogP contribution is 2.34. The van der Waals surface area contributed by atoms with Gasteiger partial charge in [0.2, 0.25) is 5.16 Å². The fourth-order valence-corrected chi connectivity index (χ4v) is 3.86. The van der Waals surface area contributed by atoms with Crippen LogP contribution in [0.4, 0.5) is 5.69 Å². The van der Waals surface area contributed by atoms with E-state index in [4.69, 9.17) is 10.5 Å². The summed E-state index contributed by atoms with van der Waals surface area (Å²) in [5.74, 6) is 1.11. The first-order chi connectivity index (χ1) is 13.7. The molecule has 28 heavy (non-hydrogen) atoms. The molecular formula is C19H16N6O2S. The monoisotopic (exact) mass is 392 g/mol. The quantitative estimate of drug-likeness (QED) is 0.628. The Kier molecular flexibility index (Phi) is 4.03. The minimum atomic E-state index is -0.411. The smallest absolute Gasteiger partial charge is 0.262 e. The second-order valence-electron chi connectivity index (χ2n) is 6.37. The van der Waals surface area contributed by atoms with E-state index in [0.717, 1.165) is 16.8 Å². The topological polar surface area (TPSA) is 107 Å². The van der Waals surface area contributed by atoms with Crippen LogP contribution in [0.2, 0.25) is 0 Å². The molecule has 0 unspecified atom stereocenters. The largest absolute Gasteiger partial charge is 0.482 e. The predicted molar refractivity (Wildman–Crippen MR) is 106 cm³/mol. The van der Waals surface area contributed by atoms with Gasteiger partial charge in [0.1, 0.15) is 5.75 Å². The van der Waals surface area contributed by atoms with Crippen molar-refractivity contribution in [3.63, 3.8) is 0 Å². The van der Waals surface area contributed by atoms with E-state index in [0.29, 0.717) is 22.4 Å². The van der Waals surface area contributed by atoms with E-state index in [2.05, 4.69) is 20.9 Å². The van der Waals surface area contributed by atoms with Gasteiger partial charge >= 0.3 is 0 Å². The molecule has 3 heterocycles. The van der Waals surface area contributed by atoms with Gasteiger partial charge in [-0.1, -0.05) is 42.1 Å². The highest BCUT2D eigenvalue weighted by molar-refractivity contribution is 8.02. The first kappa shape index (κ1) is 16.8. The van der Waals surface area contributed by atoms with Crippen LogP contribution in [-0.4, -0.2) is 27.4 Å². The first-order valence-electron chi connectivity index (χ1n) is 8.66. The third kappa shape index (κ3) is 2.90. The van der Waals surface area contributed by atoms with E-state index in [1.54, 1.807) is 4.68 Å². The van der Waals surface area contributed by atoms with Crippen molar-refractivity contribution in [3.05, 3.63) is 70.9 Å². The Labute approximate surface area is 164 Å². The van der Waals surface area contributed by atoms with Crippen LogP contribution >= 0.6 is 11.8 Å². The Morgan fingerprint density at radius 3 is 2.89 bits per heavy atom. The molecule has 1 aromatic heterocycles. The highest BCUT2D eigenvalue weighted by Gasteiger charge is 2.24. The van der Waals surface area contributed by atoms with Gasteiger partial charge in [-0.05, 0) is 23.8 Å². The number of aromatic nitrogens is 3. The van der Waals surface area contributed by atoms with Crippen LogP contribution in [0.15, 0.2) is 59.1 Å². The Hall–Kier alpha value is -3.30. The molecule has 0 bridgehead atoms. The van der Waals surface area contributed by atoms with Crippen molar-refractivity contribution in [2.24, 2.45) is 5.73 Å². The number of nitrogens with zero attached hydrogens (tertiary/aromatic N) is 3. The van der Waals surface area contributed by atoms with Crippen LogP contribution in [0.1, 0.15) is 23.0 Å². The summed E-state index contributed by atoms with van der Waals surface area (Å²) >= 11 is 1.45. The molecule has 8 nitrogen and oxygen atoms in total. The fraction of sp³-hybridized carbons (Fsp3) is 0.105. The van der Waals surface area contributed by atoms with E-state index in [1.165, 1.54) is 11.8 Å². The van der Waals surface area contributed by atoms with E-state index in [1.807, 2.05) is 53.9 Å². The summed E-state index contributed by atoms with van der Waals surface area (Å²) in [4.78, 5) is 11.6. The third-order valence-corrected chi connectivity index (χ3v) is 5.36. The number of ether oxygens (including phenoxy) is 1. The van der Waals surface area contributed by atoms with E-state index < -0.39 is 6.04 Å². The second kappa shape index (κ2) is 6.70. The average Bonchev–Trinajstić information content (AvgIpc) is 3.16. The van der Waals surface area contributed by atoms with Gasteiger partial charge in [-0.2, -0.15) is 0 Å². The Morgan fingerprint density at radius 2 is 2.04 bits per heavy atom. The predicted octanol–water partition coefficient (Wildman–Crippen LogP) is 2.30. The van der Waals surface area contributed by atoms with Crippen LogP contribution in [0, 0.1) is 0 Å². The SMILES string of the molecule is N[C@H](c1ccccc1)c1nnc2n1NC(c1ccc3c(c1)NC(=O)CO3)=CS2. The number of anilines is 1. The first-order valence-corrected chi connectivity index (χ1v) is 9.54. The molecule has 0 spiro atoms. The van der Waals surface area contributed by atoms with Gasteiger partial charge < -0.3 is 15.8 Å². The van der Waals surface area contributed by atoms with Crippen LogP contribution < -0.4 is 21.2 Å². The van der Waals surface area contributed by atoms with Crippen molar-refractivity contribution >= 4 is 29.1 Å². The number of carbonyl (C=O) groups is 1. The van der Waals surface area contributed by atoms with Crippen molar-refractivity contribution in [1.82, 2.24) is 14.9 Å². The molecule has 5 rings (SSSR count). The van der Waals surface area contributed by atoms with Crippen molar-refractivity contribution in [1.29, 1.82) is 0 Å². The normalized spacial score (nSPS) is 16.0. The lowest BCUT2D eigenvalue weighted by molar-refractivity contribution is -0.118. The summed E-state index contributed by atoms with van der Waals surface area (Å²) in [7, 11) is 0. The van der Waals surface area contributed by atoms with Gasteiger partial charge in [-0.25, -0.2) is 4.68 Å². The van der Waals surface area contributed by atoms with E-state index in [9.17, 15) is 4.79 Å². The molecule has 1 amide bonds. The highest BCUT2D eigenvalue weighted by atomic mass is 32.2. The zero-order chi connectivity index (χ0) is 19.1. The van der Waals surface area contributed by atoms with E-state index >= 15 is 0 Å². The lowest BCUT2D eigenvalue weighted by Gasteiger charge is -2.23. The number of hydrogen-bond donors (Lipinski definition) is 3. The van der Waals surface area contributed by atoms with Gasteiger partial charge in [-0.15, -0.1) is 10.2 Å². The maximum atomic E-state index is 11.6. The fourth-order valence-electron chi connectivity index (χ4n) is 3.12. The summed E-state index contributed by atoms with van der Waals surface area (Å²) in [6.45, 7) is 0.0357. The number of nitrogens with two attached hydrogens (primary N) is 1. The van der Waals surface area contributed by atoms with Crippen LogP contribution in [0.5, 0.6) is 5.75 Å². The van der Waals surface area contributed by atoms with Gasteiger partial charge in [0, 0.05) is 11.0 Å². The van der Waals surface area contributed by atoms with Gasteiger partial charge in [-0.3, -0.25) is 10.2 Å². The summed E-state index contributed by atoms with van der Waals surface area (Å²) in [5.41, 5.74) is 13.1. The molecule has 2 aromatic carbocycles. The second-order valence-corrected chi connectivity index (χ2v) is 7.21. The summed E-state index contributed by atoms with van der Waals surface area (Å²) in [6.07, 6.45) is 0. The van der Waals surface area contributed by atoms with Crippen molar-refractivity contribution in [3.8, 4) is 5.75 Å². The average molecular weight is 392 g/mol. The molecule has 2 aliphatic rings. The molecule has 0 aliphatic carbocycles. The van der Waals surface area contributed by atoms with Gasteiger partial charge in [0.15, 0.2) is 12.4 Å². The molecule has 3 aromatic rings. The lowest BCUT2D eigenvalue weighted by atomic mass is 10.1. The van der Waals surface area contributed by atoms with E-state index in [-0.39, 0.29) is 12.5 Å². The van der Waals surface area contributed by atoms with Crippen LogP contribution in [0.3, 0.4) is 0 Å². The molecule has 0 radical (unpaired) electrons. The van der Waals surface area contributed by atoms with Crippen LogP contribution in [-0.2, 0) is 4.79 Å². The Bertz CT molecular complexity index is 1100. The van der Waals surface area contributed by atoms with Crippen molar-refractivity contribution < 1.29 is 9.53 Å². The Balaban J connectivity index is 1.45. The number of nitrogens with one attached hydrogen (secondary N) is 2. The standard InChI is InChI=1S/C19H16N6O2S/c20-17(11-4-2-1-3-5-11)18-22-23-19-25(18)24-14(10-28-19)12-6-7-15-13(8-12)21-16(26)9-27-15/h1-8,10,17,24H,9,20H2,(H,21,26)/t17-/m1/s1. The summed E-state index contributed by atoms with van der Waals surface area (Å²) in [6, 6.07) is 15.0. The van der Waals surface area contributed by atoms with Gasteiger partial charge in [0.25, 0.3) is 5.91 Å². The lowest BCUT2D eigenvalue weighted by Crippen LogP contribution is -2.26. The molecule has 1 atom stereocenters. The number of carbonyl (C=O) groups excluding carboxylic acids is 1. The van der Waals surface area contributed by atoms with Crippen molar-refractivity contribution in [2.75, 3.05) is 17.3 Å². The number of thioether (sulfide) groups is 1. The third-order valence-electron chi connectivity index (χ3n) is 4.53. The van der Waals surface area contributed by atoms with Gasteiger partial charge in [0.05, 0.1) is 17.4 Å². The molecule has 140 valence electrons. The molecular weight excluding hydrogens is 376 g/mol. The summed E-state index contributed by atoms with van der Waals surface area (Å²) in [5, 5.41) is 14.0. The van der Waals surface area contributed by atoms with Crippen molar-refractivity contribution in [2.45, 2.75) is 11.2 Å². The summed E-state index contributed by atoms with van der Waals surface area (Å²) < 4.78 is 7.22. The molecule has 0 fully saturated rings. The van der Waals surface area contributed by atoms with Crippen LogP contribution in [0.25, 0.3) is 5.70 Å². The maximum Gasteiger partial charge on any atom is 0.262 e. The number of rotatable bonds is 3.